The van der Waals surface area contributed by atoms with Crippen LogP contribution in [-0.4, -0.2) is 40.6 Å². The lowest BCUT2D eigenvalue weighted by molar-refractivity contribution is 0.394. The number of benzene rings is 1. The second-order valence-corrected chi connectivity index (χ2v) is 4.80. The van der Waals surface area contributed by atoms with Crippen molar-refractivity contribution < 1.29 is 9.47 Å². The van der Waals surface area contributed by atoms with Gasteiger partial charge >= 0.3 is 0 Å². The number of aromatic nitrogens is 3. The molecule has 0 N–H and O–H groups in total. The molecule has 98 valence electrons. The van der Waals surface area contributed by atoms with Crippen LogP contribution in [0.1, 0.15) is 5.56 Å². The lowest BCUT2D eigenvalue weighted by Crippen LogP contribution is -2.13. The highest BCUT2D eigenvalue weighted by atomic mass is 32.2. The van der Waals surface area contributed by atoms with E-state index in [1.165, 1.54) is 0 Å². The first kappa shape index (κ1) is 12.0. The van der Waals surface area contributed by atoms with Crippen LogP contribution >= 0.6 is 11.8 Å². The maximum absolute atomic E-state index is 5.40. The maximum atomic E-state index is 5.40. The van der Waals surface area contributed by atoms with Crippen LogP contribution in [0.5, 0.6) is 11.5 Å². The van der Waals surface area contributed by atoms with Gasteiger partial charge in [0.05, 0.1) is 19.9 Å². The molecule has 0 aliphatic carbocycles. The molecule has 0 fully saturated rings. The first-order chi connectivity index (χ1) is 9.31. The minimum Gasteiger partial charge on any atom is -0.497 e. The first-order valence-corrected chi connectivity index (χ1v) is 6.63. The van der Waals surface area contributed by atoms with E-state index in [9.17, 15) is 0 Å². The molecule has 1 aromatic carbocycles. The molecular formula is C12H12N4O2S. The van der Waals surface area contributed by atoms with Gasteiger partial charge in [0.2, 0.25) is 5.16 Å². The van der Waals surface area contributed by atoms with E-state index in [0.717, 1.165) is 33.7 Å². The topological polar surface area (TPSA) is 61.5 Å². The van der Waals surface area contributed by atoms with Crippen molar-refractivity contribution in [1.29, 1.82) is 0 Å². The van der Waals surface area contributed by atoms with E-state index in [4.69, 9.17) is 9.47 Å². The summed E-state index contributed by atoms with van der Waals surface area (Å²) in [5.41, 5.74) is 1.88. The zero-order chi connectivity index (χ0) is 13.2. The minimum atomic E-state index is 0.737. The molecule has 2 aromatic rings. The molecular weight excluding hydrogens is 264 g/mol. The van der Waals surface area contributed by atoms with Gasteiger partial charge in [-0.3, -0.25) is 0 Å². The number of ether oxygens (including phenoxy) is 2. The molecule has 0 spiro atoms. The Morgan fingerprint density at radius 2 is 2.16 bits per heavy atom. The molecule has 6 nitrogen and oxygen atoms in total. The third-order valence-electron chi connectivity index (χ3n) is 2.79. The van der Waals surface area contributed by atoms with Crippen molar-refractivity contribution in [2.24, 2.45) is 5.10 Å². The van der Waals surface area contributed by atoms with E-state index < -0.39 is 0 Å². The summed E-state index contributed by atoms with van der Waals surface area (Å²) in [7, 11) is 3.27. The highest BCUT2D eigenvalue weighted by Gasteiger charge is 2.18. The van der Waals surface area contributed by atoms with Crippen LogP contribution in [0, 0.1) is 0 Å². The van der Waals surface area contributed by atoms with Crippen LogP contribution in [0.4, 0.5) is 0 Å². The van der Waals surface area contributed by atoms with Crippen molar-refractivity contribution in [2.45, 2.75) is 5.16 Å². The van der Waals surface area contributed by atoms with E-state index in [0.29, 0.717) is 0 Å². The van der Waals surface area contributed by atoms with Gasteiger partial charge in [0.25, 0.3) is 0 Å². The summed E-state index contributed by atoms with van der Waals surface area (Å²) < 4.78 is 12.3. The highest BCUT2D eigenvalue weighted by molar-refractivity contribution is 7.99. The maximum Gasteiger partial charge on any atom is 0.212 e. The quantitative estimate of drug-likeness (QED) is 0.853. The molecule has 0 unspecified atom stereocenters. The Balaban J connectivity index is 2.03. The molecule has 1 aliphatic rings. The van der Waals surface area contributed by atoms with Crippen LogP contribution in [0.25, 0.3) is 0 Å². The number of thioether (sulfide) groups is 1. The fourth-order valence-corrected chi connectivity index (χ4v) is 2.65. The summed E-state index contributed by atoms with van der Waals surface area (Å²) in [4.78, 5) is 0. The molecule has 0 amide bonds. The monoisotopic (exact) mass is 276 g/mol. The predicted octanol–water partition coefficient (Wildman–Crippen LogP) is 1.65. The molecule has 0 bridgehead atoms. The van der Waals surface area contributed by atoms with E-state index in [2.05, 4.69) is 15.3 Å². The van der Waals surface area contributed by atoms with Gasteiger partial charge in [-0.1, -0.05) is 11.8 Å². The standard InChI is InChI=1S/C12H12N4O2S/c1-17-8-3-4-9(11(5-8)18-2)10-6-19-12-14-13-7-16(12)15-10/h3-5,7H,6H2,1-2H3. The Morgan fingerprint density at radius 3 is 2.95 bits per heavy atom. The number of rotatable bonds is 3. The summed E-state index contributed by atoms with van der Waals surface area (Å²) in [5.74, 6) is 2.24. The summed E-state index contributed by atoms with van der Waals surface area (Å²) in [6.45, 7) is 0. The average molecular weight is 276 g/mol. The van der Waals surface area contributed by atoms with E-state index in [-0.39, 0.29) is 0 Å². The summed E-state index contributed by atoms with van der Waals surface area (Å²) in [6, 6.07) is 5.70. The van der Waals surface area contributed by atoms with Gasteiger partial charge in [0.15, 0.2) is 0 Å². The van der Waals surface area contributed by atoms with E-state index in [1.807, 2.05) is 18.2 Å². The van der Waals surface area contributed by atoms with Crippen LogP contribution in [-0.2, 0) is 0 Å². The van der Waals surface area contributed by atoms with Gasteiger partial charge in [-0.15, -0.1) is 10.2 Å². The first-order valence-electron chi connectivity index (χ1n) is 5.65. The molecule has 19 heavy (non-hydrogen) atoms. The Morgan fingerprint density at radius 1 is 1.26 bits per heavy atom. The summed E-state index contributed by atoms with van der Waals surface area (Å²) >= 11 is 1.60. The molecule has 0 radical (unpaired) electrons. The van der Waals surface area contributed by atoms with Crippen molar-refractivity contribution in [3.8, 4) is 11.5 Å². The summed E-state index contributed by atoms with van der Waals surface area (Å²) in [6.07, 6.45) is 1.59. The fraction of sp³-hybridized carbons (Fsp3) is 0.250. The Kier molecular flexibility index (Phi) is 3.12. The third-order valence-corrected chi connectivity index (χ3v) is 3.73. The van der Waals surface area contributed by atoms with Crippen molar-refractivity contribution in [1.82, 2.24) is 14.9 Å². The lowest BCUT2D eigenvalue weighted by Gasteiger charge is -2.15. The van der Waals surface area contributed by atoms with Gasteiger partial charge in [0.1, 0.15) is 17.8 Å². The summed E-state index contributed by atoms with van der Waals surface area (Å²) in [5, 5.41) is 13.1. The van der Waals surface area contributed by atoms with Crippen LogP contribution in [0.3, 0.4) is 0 Å². The highest BCUT2D eigenvalue weighted by Crippen LogP contribution is 2.29. The largest absolute Gasteiger partial charge is 0.497 e. The zero-order valence-corrected chi connectivity index (χ0v) is 11.3. The number of hydrogen-bond donors (Lipinski definition) is 0. The van der Waals surface area contributed by atoms with Gasteiger partial charge in [0, 0.05) is 17.4 Å². The molecule has 1 aromatic heterocycles. The van der Waals surface area contributed by atoms with Gasteiger partial charge in [-0.25, -0.2) is 0 Å². The van der Waals surface area contributed by atoms with Crippen molar-refractivity contribution in [2.75, 3.05) is 20.0 Å². The van der Waals surface area contributed by atoms with Crippen molar-refractivity contribution >= 4 is 17.5 Å². The lowest BCUT2D eigenvalue weighted by atomic mass is 10.1. The fourth-order valence-electron chi connectivity index (χ4n) is 1.84. The molecule has 7 heteroatoms. The zero-order valence-electron chi connectivity index (χ0n) is 10.5. The van der Waals surface area contributed by atoms with Crippen molar-refractivity contribution in [3.05, 3.63) is 30.1 Å². The third kappa shape index (κ3) is 2.17. The second-order valence-electron chi connectivity index (χ2n) is 3.86. The average Bonchev–Trinajstić information content (AvgIpc) is 2.93. The SMILES string of the molecule is COc1ccc(C2=Nn3cnnc3SC2)c(OC)c1. The second kappa shape index (κ2) is 4.93. The Bertz CT molecular complexity index is 638. The van der Waals surface area contributed by atoms with E-state index in [1.54, 1.807) is 37.0 Å². The molecule has 2 heterocycles. The van der Waals surface area contributed by atoms with Crippen LogP contribution in [0.2, 0.25) is 0 Å². The molecule has 1 aliphatic heterocycles. The van der Waals surface area contributed by atoms with Gasteiger partial charge in [-0.05, 0) is 12.1 Å². The van der Waals surface area contributed by atoms with Crippen molar-refractivity contribution in [3.63, 3.8) is 0 Å². The predicted molar refractivity (Wildman–Crippen MR) is 72.2 cm³/mol. The Labute approximate surface area is 114 Å². The number of methoxy groups -OCH3 is 2. The number of fused-ring (bicyclic) bond motifs is 1. The molecule has 0 atom stereocenters. The minimum absolute atomic E-state index is 0.737. The number of nitrogens with zero attached hydrogens (tertiary/aromatic N) is 4. The molecule has 0 saturated carbocycles. The number of hydrogen-bond acceptors (Lipinski definition) is 6. The Hall–Kier alpha value is -2.02. The van der Waals surface area contributed by atoms with E-state index >= 15 is 0 Å². The smallest absolute Gasteiger partial charge is 0.212 e. The van der Waals surface area contributed by atoms with Crippen LogP contribution < -0.4 is 9.47 Å². The molecule has 0 saturated heterocycles. The van der Waals surface area contributed by atoms with Crippen LogP contribution in [0.15, 0.2) is 34.8 Å². The normalized spacial score (nSPS) is 13.7. The molecule has 3 rings (SSSR count). The van der Waals surface area contributed by atoms with Gasteiger partial charge in [-0.2, -0.15) is 9.78 Å². The van der Waals surface area contributed by atoms with Gasteiger partial charge < -0.3 is 9.47 Å².